The van der Waals surface area contributed by atoms with E-state index in [4.69, 9.17) is 4.74 Å². The SMILES string of the molecule is Cc1ccc(OCC(=O)NC(C)(C)Cc2ccccc2)cc1C. The maximum atomic E-state index is 12.1. The van der Waals surface area contributed by atoms with E-state index in [2.05, 4.69) is 24.4 Å². The highest BCUT2D eigenvalue weighted by Gasteiger charge is 2.21. The minimum Gasteiger partial charge on any atom is -0.484 e. The molecule has 0 aliphatic rings. The first kappa shape index (κ1) is 17.1. The monoisotopic (exact) mass is 311 g/mol. The van der Waals surface area contributed by atoms with Crippen LogP contribution < -0.4 is 10.1 Å². The van der Waals surface area contributed by atoms with Gasteiger partial charge in [-0.15, -0.1) is 0 Å². The van der Waals surface area contributed by atoms with E-state index in [1.165, 1.54) is 11.1 Å². The molecule has 0 atom stereocenters. The number of ether oxygens (including phenoxy) is 1. The van der Waals surface area contributed by atoms with Crippen molar-refractivity contribution in [2.45, 2.75) is 39.7 Å². The standard InChI is InChI=1S/C20H25NO2/c1-15-10-11-18(12-16(15)2)23-14-19(22)21-20(3,4)13-17-8-6-5-7-9-17/h5-12H,13-14H2,1-4H3,(H,21,22). The molecule has 2 aromatic carbocycles. The van der Waals surface area contributed by atoms with Gasteiger partial charge in [0.25, 0.3) is 5.91 Å². The summed E-state index contributed by atoms with van der Waals surface area (Å²) in [5, 5.41) is 3.04. The quantitative estimate of drug-likeness (QED) is 0.880. The molecule has 2 aromatic rings. The number of rotatable bonds is 6. The van der Waals surface area contributed by atoms with E-state index in [0.29, 0.717) is 0 Å². The van der Waals surface area contributed by atoms with Crippen molar-refractivity contribution in [3.8, 4) is 5.75 Å². The lowest BCUT2D eigenvalue weighted by atomic mass is 9.95. The van der Waals surface area contributed by atoms with Gasteiger partial charge in [0.2, 0.25) is 0 Å². The number of carbonyl (C=O) groups excluding carboxylic acids is 1. The summed E-state index contributed by atoms with van der Waals surface area (Å²) in [7, 11) is 0. The summed E-state index contributed by atoms with van der Waals surface area (Å²) >= 11 is 0. The minimum absolute atomic E-state index is 0.0285. The summed E-state index contributed by atoms with van der Waals surface area (Å²) in [6.45, 7) is 8.16. The average molecular weight is 311 g/mol. The van der Waals surface area contributed by atoms with Gasteiger partial charge in [0.05, 0.1) is 0 Å². The summed E-state index contributed by atoms with van der Waals surface area (Å²) in [6.07, 6.45) is 0.781. The van der Waals surface area contributed by atoms with Crippen LogP contribution in [0.25, 0.3) is 0 Å². The summed E-state index contributed by atoms with van der Waals surface area (Å²) < 4.78 is 5.59. The number of nitrogens with one attached hydrogen (secondary N) is 1. The molecule has 0 saturated carbocycles. The Hall–Kier alpha value is -2.29. The van der Waals surface area contributed by atoms with Crippen molar-refractivity contribution in [1.29, 1.82) is 0 Å². The van der Waals surface area contributed by atoms with Gasteiger partial charge in [0.1, 0.15) is 5.75 Å². The van der Waals surface area contributed by atoms with Crippen LogP contribution in [0.4, 0.5) is 0 Å². The zero-order valence-electron chi connectivity index (χ0n) is 14.3. The van der Waals surface area contributed by atoms with E-state index >= 15 is 0 Å². The fraction of sp³-hybridized carbons (Fsp3) is 0.350. The van der Waals surface area contributed by atoms with Gasteiger partial charge in [0, 0.05) is 5.54 Å². The Labute approximate surface area is 138 Å². The molecule has 23 heavy (non-hydrogen) atoms. The molecule has 0 aliphatic carbocycles. The predicted molar refractivity (Wildman–Crippen MR) is 93.8 cm³/mol. The fourth-order valence-electron chi connectivity index (χ4n) is 2.52. The van der Waals surface area contributed by atoms with Gasteiger partial charge in [-0.25, -0.2) is 0 Å². The Kier molecular flexibility index (Phi) is 5.43. The van der Waals surface area contributed by atoms with Crippen LogP contribution in [0.1, 0.15) is 30.5 Å². The molecule has 0 saturated heterocycles. The summed E-state index contributed by atoms with van der Waals surface area (Å²) in [5.41, 5.74) is 3.26. The van der Waals surface area contributed by atoms with Crippen molar-refractivity contribution in [2.75, 3.05) is 6.61 Å². The van der Waals surface area contributed by atoms with Crippen LogP contribution in [0, 0.1) is 13.8 Å². The lowest BCUT2D eigenvalue weighted by Crippen LogP contribution is -2.47. The first-order valence-electron chi connectivity index (χ1n) is 7.91. The second-order valence-electron chi connectivity index (χ2n) is 6.63. The third kappa shape index (κ3) is 5.44. The van der Waals surface area contributed by atoms with Crippen LogP contribution in [0.2, 0.25) is 0 Å². The van der Waals surface area contributed by atoms with Gasteiger partial charge in [-0.05, 0) is 62.9 Å². The zero-order valence-corrected chi connectivity index (χ0v) is 14.3. The van der Waals surface area contributed by atoms with Crippen molar-refractivity contribution in [3.63, 3.8) is 0 Å². The van der Waals surface area contributed by atoms with Crippen LogP contribution in [-0.4, -0.2) is 18.1 Å². The molecule has 0 unspecified atom stereocenters. The van der Waals surface area contributed by atoms with Gasteiger partial charge >= 0.3 is 0 Å². The largest absolute Gasteiger partial charge is 0.484 e. The topological polar surface area (TPSA) is 38.3 Å². The minimum atomic E-state index is -0.314. The highest BCUT2D eigenvalue weighted by Crippen LogP contribution is 2.16. The Morgan fingerprint density at radius 2 is 1.74 bits per heavy atom. The lowest BCUT2D eigenvalue weighted by Gasteiger charge is -2.26. The van der Waals surface area contributed by atoms with E-state index in [-0.39, 0.29) is 18.1 Å². The molecule has 2 rings (SSSR count). The summed E-state index contributed by atoms with van der Waals surface area (Å²) in [6, 6.07) is 16.0. The second-order valence-corrected chi connectivity index (χ2v) is 6.63. The second kappa shape index (κ2) is 7.32. The van der Waals surface area contributed by atoms with Crippen LogP contribution in [0.15, 0.2) is 48.5 Å². The molecule has 0 bridgehead atoms. The maximum Gasteiger partial charge on any atom is 0.258 e. The molecule has 3 nitrogen and oxygen atoms in total. The van der Waals surface area contributed by atoms with Crippen LogP contribution >= 0.6 is 0 Å². The third-order valence-corrected chi connectivity index (χ3v) is 3.82. The molecule has 0 fully saturated rings. The number of hydrogen-bond donors (Lipinski definition) is 1. The fourth-order valence-corrected chi connectivity index (χ4v) is 2.52. The van der Waals surface area contributed by atoms with E-state index < -0.39 is 0 Å². The molecule has 1 amide bonds. The number of carbonyl (C=O) groups is 1. The molecule has 3 heteroatoms. The van der Waals surface area contributed by atoms with Gasteiger partial charge in [-0.3, -0.25) is 4.79 Å². The number of benzene rings is 2. The summed E-state index contributed by atoms with van der Waals surface area (Å²) in [4.78, 5) is 12.1. The van der Waals surface area contributed by atoms with Gasteiger partial charge in [-0.1, -0.05) is 36.4 Å². The summed E-state index contributed by atoms with van der Waals surface area (Å²) in [5.74, 6) is 0.619. The highest BCUT2D eigenvalue weighted by molar-refractivity contribution is 5.78. The van der Waals surface area contributed by atoms with Crippen molar-refractivity contribution in [2.24, 2.45) is 0 Å². The van der Waals surface area contributed by atoms with Crippen LogP contribution in [0.5, 0.6) is 5.75 Å². The van der Waals surface area contributed by atoms with Crippen molar-refractivity contribution in [3.05, 3.63) is 65.2 Å². The van der Waals surface area contributed by atoms with E-state index in [1.807, 2.05) is 57.2 Å². The van der Waals surface area contributed by atoms with Crippen molar-refractivity contribution in [1.82, 2.24) is 5.32 Å². The third-order valence-electron chi connectivity index (χ3n) is 3.82. The first-order valence-corrected chi connectivity index (χ1v) is 7.91. The van der Waals surface area contributed by atoms with Crippen LogP contribution in [0.3, 0.4) is 0 Å². The number of amides is 1. The smallest absolute Gasteiger partial charge is 0.258 e. The molecule has 0 aromatic heterocycles. The Balaban J connectivity index is 1.87. The van der Waals surface area contributed by atoms with E-state index in [0.717, 1.165) is 17.7 Å². The Morgan fingerprint density at radius 1 is 1.04 bits per heavy atom. The molecular weight excluding hydrogens is 286 g/mol. The van der Waals surface area contributed by atoms with Gasteiger partial charge in [0.15, 0.2) is 6.61 Å². The Bertz CT molecular complexity index is 663. The van der Waals surface area contributed by atoms with E-state index in [9.17, 15) is 4.79 Å². The maximum absolute atomic E-state index is 12.1. The normalized spacial score (nSPS) is 11.1. The molecule has 0 spiro atoms. The molecule has 1 N–H and O–H groups in total. The molecule has 0 heterocycles. The predicted octanol–water partition coefficient (Wildman–Crippen LogP) is 3.82. The van der Waals surface area contributed by atoms with Gasteiger partial charge < -0.3 is 10.1 Å². The zero-order chi connectivity index (χ0) is 16.9. The van der Waals surface area contributed by atoms with Gasteiger partial charge in [-0.2, -0.15) is 0 Å². The van der Waals surface area contributed by atoms with E-state index in [1.54, 1.807) is 0 Å². The molecule has 122 valence electrons. The molecule has 0 radical (unpaired) electrons. The molecular formula is C20H25NO2. The average Bonchev–Trinajstić information content (AvgIpc) is 2.48. The van der Waals surface area contributed by atoms with Crippen LogP contribution in [-0.2, 0) is 11.2 Å². The van der Waals surface area contributed by atoms with Crippen molar-refractivity contribution < 1.29 is 9.53 Å². The lowest BCUT2D eigenvalue weighted by molar-refractivity contribution is -0.124. The van der Waals surface area contributed by atoms with Crippen molar-refractivity contribution >= 4 is 5.91 Å². The number of aryl methyl sites for hydroxylation is 2. The highest BCUT2D eigenvalue weighted by atomic mass is 16.5. The Morgan fingerprint density at radius 3 is 2.39 bits per heavy atom. The number of hydrogen-bond acceptors (Lipinski definition) is 2. The first-order chi connectivity index (χ1) is 10.9. The molecule has 0 aliphatic heterocycles.